The van der Waals surface area contributed by atoms with Crippen molar-refractivity contribution in [3.05, 3.63) is 34.4 Å². The Morgan fingerprint density at radius 3 is 2.68 bits per heavy atom. The number of nitro benzene ring substituents is 1. The van der Waals surface area contributed by atoms with E-state index < -0.39 is 4.92 Å². The molecule has 1 saturated carbocycles. The van der Waals surface area contributed by atoms with E-state index in [2.05, 4.69) is 12.2 Å². The van der Waals surface area contributed by atoms with Gasteiger partial charge in [-0.3, -0.25) is 10.1 Å². The van der Waals surface area contributed by atoms with E-state index in [4.69, 9.17) is 0 Å². The summed E-state index contributed by atoms with van der Waals surface area (Å²) in [6.45, 7) is 2.29. The number of hydrogen-bond acceptors (Lipinski definition) is 4. The SMILES string of the molecule is CC1CCCC(CO)(Nc2ccc([N+](=O)[O-])cc2)C1. The maximum absolute atomic E-state index is 10.6. The van der Waals surface area contributed by atoms with Crippen molar-refractivity contribution in [1.29, 1.82) is 0 Å². The lowest BCUT2D eigenvalue weighted by atomic mass is 9.76. The van der Waals surface area contributed by atoms with Gasteiger partial charge in [-0.25, -0.2) is 0 Å². The predicted octanol–water partition coefficient (Wildman–Crippen LogP) is 2.95. The Bertz CT molecular complexity index is 447. The summed E-state index contributed by atoms with van der Waals surface area (Å²) in [7, 11) is 0. The summed E-state index contributed by atoms with van der Waals surface area (Å²) in [5.74, 6) is 0.589. The molecule has 104 valence electrons. The number of benzene rings is 1. The molecule has 2 atom stereocenters. The van der Waals surface area contributed by atoms with Crippen molar-refractivity contribution in [2.24, 2.45) is 5.92 Å². The summed E-state index contributed by atoms with van der Waals surface area (Å²) >= 11 is 0. The largest absolute Gasteiger partial charge is 0.394 e. The number of anilines is 1. The van der Waals surface area contributed by atoms with Crippen LogP contribution in [0, 0.1) is 16.0 Å². The zero-order valence-corrected chi connectivity index (χ0v) is 11.1. The number of nitrogens with zero attached hydrogens (tertiary/aromatic N) is 1. The zero-order chi connectivity index (χ0) is 13.9. The topological polar surface area (TPSA) is 75.4 Å². The van der Waals surface area contributed by atoms with E-state index in [-0.39, 0.29) is 17.8 Å². The van der Waals surface area contributed by atoms with Gasteiger partial charge in [0.1, 0.15) is 0 Å². The third kappa shape index (κ3) is 3.23. The third-order valence-electron chi connectivity index (χ3n) is 3.88. The highest BCUT2D eigenvalue weighted by molar-refractivity contribution is 5.50. The third-order valence-corrected chi connectivity index (χ3v) is 3.88. The van der Waals surface area contributed by atoms with E-state index >= 15 is 0 Å². The van der Waals surface area contributed by atoms with E-state index in [1.54, 1.807) is 12.1 Å². The second-order valence-corrected chi connectivity index (χ2v) is 5.57. The Kier molecular flexibility index (Phi) is 4.04. The Balaban J connectivity index is 2.11. The highest BCUT2D eigenvalue weighted by Crippen LogP contribution is 2.35. The molecule has 0 bridgehead atoms. The average molecular weight is 264 g/mol. The number of aliphatic hydroxyl groups excluding tert-OH is 1. The molecule has 1 aromatic carbocycles. The van der Waals surface area contributed by atoms with Crippen molar-refractivity contribution in [3.63, 3.8) is 0 Å². The standard InChI is InChI=1S/C14H20N2O3/c1-11-3-2-8-14(9-11,10-17)15-12-4-6-13(7-5-12)16(18)19/h4-7,11,15,17H,2-3,8-10H2,1H3. The first kappa shape index (κ1) is 13.8. The summed E-state index contributed by atoms with van der Waals surface area (Å²) in [5.41, 5.74) is 0.628. The summed E-state index contributed by atoms with van der Waals surface area (Å²) < 4.78 is 0. The fourth-order valence-electron chi connectivity index (χ4n) is 2.93. The molecular formula is C14H20N2O3. The van der Waals surface area contributed by atoms with Crippen LogP contribution in [-0.2, 0) is 0 Å². The van der Waals surface area contributed by atoms with Gasteiger partial charge in [0, 0.05) is 17.8 Å². The zero-order valence-electron chi connectivity index (χ0n) is 11.1. The van der Waals surface area contributed by atoms with E-state index in [1.807, 2.05) is 0 Å². The van der Waals surface area contributed by atoms with Crippen LogP contribution in [0.5, 0.6) is 0 Å². The molecule has 2 unspecified atom stereocenters. The number of non-ortho nitro benzene ring substituents is 1. The minimum atomic E-state index is -0.408. The number of hydrogen-bond donors (Lipinski definition) is 2. The molecule has 5 nitrogen and oxygen atoms in total. The molecule has 1 fully saturated rings. The van der Waals surface area contributed by atoms with Crippen LogP contribution in [0.25, 0.3) is 0 Å². The van der Waals surface area contributed by atoms with Crippen molar-refractivity contribution in [3.8, 4) is 0 Å². The Hall–Kier alpha value is -1.62. The molecule has 2 rings (SSSR count). The molecule has 0 amide bonds. The second-order valence-electron chi connectivity index (χ2n) is 5.57. The average Bonchev–Trinajstić information content (AvgIpc) is 2.39. The van der Waals surface area contributed by atoms with E-state index in [1.165, 1.54) is 18.6 Å². The summed E-state index contributed by atoms with van der Waals surface area (Å²) in [5, 5.41) is 23.7. The van der Waals surface area contributed by atoms with Crippen molar-refractivity contribution >= 4 is 11.4 Å². The van der Waals surface area contributed by atoms with Gasteiger partial charge in [-0.2, -0.15) is 0 Å². The maximum Gasteiger partial charge on any atom is 0.269 e. The highest BCUT2D eigenvalue weighted by Gasteiger charge is 2.34. The van der Waals surface area contributed by atoms with Gasteiger partial charge in [-0.15, -0.1) is 0 Å². The normalized spacial score (nSPS) is 26.9. The van der Waals surface area contributed by atoms with Gasteiger partial charge in [0.25, 0.3) is 5.69 Å². The molecule has 2 N–H and O–H groups in total. The summed E-state index contributed by atoms with van der Waals surface area (Å²) in [4.78, 5) is 10.2. The minimum Gasteiger partial charge on any atom is -0.394 e. The monoisotopic (exact) mass is 264 g/mol. The molecule has 5 heteroatoms. The smallest absolute Gasteiger partial charge is 0.269 e. The Labute approximate surface area is 112 Å². The van der Waals surface area contributed by atoms with E-state index in [0.29, 0.717) is 5.92 Å². The lowest BCUT2D eigenvalue weighted by molar-refractivity contribution is -0.384. The van der Waals surface area contributed by atoms with Gasteiger partial charge in [0.05, 0.1) is 17.1 Å². The van der Waals surface area contributed by atoms with Crippen LogP contribution in [0.1, 0.15) is 32.6 Å². The van der Waals surface area contributed by atoms with E-state index in [0.717, 1.165) is 24.9 Å². The molecule has 19 heavy (non-hydrogen) atoms. The predicted molar refractivity (Wildman–Crippen MR) is 74.2 cm³/mol. The van der Waals surface area contributed by atoms with Crippen LogP contribution in [0.4, 0.5) is 11.4 Å². The quantitative estimate of drug-likeness (QED) is 0.647. The van der Waals surface area contributed by atoms with Crippen LogP contribution < -0.4 is 5.32 Å². The van der Waals surface area contributed by atoms with E-state index in [9.17, 15) is 15.2 Å². The minimum absolute atomic E-state index is 0.0839. The lowest BCUT2D eigenvalue weighted by Gasteiger charge is -2.40. The highest BCUT2D eigenvalue weighted by atomic mass is 16.6. The molecule has 0 radical (unpaired) electrons. The van der Waals surface area contributed by atoms with Gasteiger partial charge < -0.3 is 10.4 Å². The van der Waals surface area contributed by atoms with Crippen molar-refractivity contribution in [2.75, 3.05) is 11.9 Å². The van der Waals surface area contributed by atoms with Gasteiger partial charge in [-0.1, -0.05) is 19.8 Å². The molecule has 0 spiro atoms. The maximum atomic E-state index is 10.6. The molecule has 1 aliphatic rings. The molecule has 0 saturated heterocycles. The summed E-state index contributed by atoms with van der Waals surface area (Å²) in [6, 6.07) is 6.38. The van der Waals surface area contributed by atoms with Gasteiger partial charge in [0.2, 0.25) is 0 Å². The van der Waals surface area contributed by atoms with Gasteiger partial charge in [-0.05, 0) is 30.9 Å². The number of aliphatic hydroxyl groups is 1. The molecule has 0 aromatic heterocycles. The molecule has 0 heterocycles. The first-order chi connectivity index (χ1) is 9.04. The van der Waals surface area contributed by atoms with Crippen molar-refractivity contribution in [1.82, 2.24) is 0 Å². The fraction of sp³-hybridized carbons (Fsp3) is 0.571. The Morgan fingerprint density at radius 2 is 2.16 bits per heavy atom. The lowest BCUT2D eigenvalue weighted by Crippen LogP contribution is -2.45. The van der Waals surface area contributed by atoms with Crippen molar-refractivity contribution < 1.29 is 10.0 Å². The van der Waals surface area contributed by atoms with Crippen LogP contribution in [0.2, 0.25) is 0 Å². The number of nitrogens with one attached hydrogen (secondary N) is 1. The fourth-order valence-corrected chi connectivity index (χ4v) is 2.93. The van der Waals surface area contributed by atoms with Crippen LogP contribution in [0.3, 0.4) is 0 Å². The molecular weight excluding hydrogens is 244 g/mol. The molecule has 0 aliphatic heterocycles. The van der Waals surface area contributed by atoms with Crippen LogP contribution in [-0.4, -0.2) is 22.2 Å². The molecule has 1 aromatic rings. The summed E-state index contributed by atoms with van der Waals surface area (Å²) in [6.07, 6.45) is 4.16. The first-order valence-corrected chi connectivity index (χ1v) is 6.68. The van der Waals surface area contributed by atoms with Crippen molar-refractivity contribution in [2.45, 2.75) is 38.1 Å². The van der Waals surface area contributed by atoms with Gasteiger partial charge in [0.15, 0.2) is 0 Å². The Morgan fingerprint density at radius 1 is 1.47 bits per heavy atom. The van der Waals surface area contributed by atoms with Crippen LogP contribution >= 0.6 is 0 Å². The van der Waals surface area contributed by atoms with Crippen LogP contribution in [0.15, 0.2) is 24.3 Å². The first-order valence-electron chi connectivity index (χ1n) is 6.68. The molecule has 1 aliphatic carbocycles. The number of nitro groups is 1. The second kappa shape index (κ2) is 5.57. The number of rotatable bonds is 4. The van der Waals surface area contributed by atoms with Gasteiger partial charge >= 0.3 is 0 Å².